The van der Waals surface area contributed by atoms with Gasteiger partial charge in [-0.25, -0.2) is 0 Å². The highest BCUT2D eigenvalue weighted by Gasteiger charge is 2.12. The summed E-state index contributed by atoms with van der Waals surface area (Å²) in [6, 6.07) is 11.4. The molecule has 7 heteroatoms. The van der Waals surface area contributed by atoms with Crippen molar-refractivity contribution in [3.63, 3.8) is 0 Å². The quantitative estimate of drug-likeness (QED) is 0.740. The van der Waals surface area contributed by atoms with Gasteiger partial charge in [-0.15, -0.1) is 5.10 Å². The van der Waals surface area contributed by atoms with E-state index in [1.165, 1.54) is 0 Å². The number of ether oxygens (including phenoxy) is 1. The number of benzene rings is 1. The second kappa shape index (κ2) is 6.19. The van der Waals surface area contributed by atoms with Gasteiger partial charge < -0.3 is 14.5 Å². The zero-order chi connectivity index (χ0) is 14.5. The Morgan fingerprint density at radius 1 is 1.19 bits per heavy atom. The summed E-state index contributed by atoms with van der Waals surface area (Å²) < 4.78 is 12.3. The Morgan fingerprint density at radius 2 is 2.10 bits per heavy atom. The topological polar surface area (TPSA) is 78.0 Å². The molecule has 21 heavy (non-hydrogen) atoms. The molecule has 2 heterocycles. The molecule has 0 bridgehead atoms. The van der Waals surface area contributed by atoms with Crippen molar-refractivity contribution in [2.24, 2.45) is 0 Å². The van der Waals surface area contributed by atoms with Gasteiger partial charge in [0.2, 0.25) is 0 Å². The molecule has 0 spiro atoms. The van der Waals surface area contributed by atoms with Crippen LogP contribution in [0.3, 0.4) is 0 Å². The van der Waals surface area contributed by atoms with E-state index in [4.69, 9.17) is 9.15 Å². The highest BCUT2D eigenvalue weighted by Crippen LogP contribution is 2.21. The van der Waals surface area contributed by atoms with Crippen LogP contribution in [0.15, 0.2) is 47.1 Å². The SMILES string of the molecule is COc1ccccc1-n1nnnc1CNCc1ccco1. The standard InChI is InChI=1S/C14H15N5O2/c1-20-13-7-3-2-6-12(13)19-14(16-17-18-19)10-15-9-11-5-4-8-21-11/h2-8,15H,9-10H2,1H3. The van der Waals surface area contributed by atoms with E-state index in [1.54, 1.807) is 18.1 Å². The number of aromatic nitrogens is 4. The smallest absolute Gasteiger partial charge is 0.170 e. The summed E-state index contributed by atoms with van der Waals surface area (Å²) >= 11 is 0. The molecule has 0 aliphatic rings. The highest BCUT2D eigenvalue weighted by molar-refractivity contribution is 5.46. The van der Waals surface area contributed by atoms with Crippen molar-refractivity contribution in [3.8, 4) is 11.4 Å². The summed E-state index contributed by atoms with van der Waals surface area (Å²) in [5.74, 6) is 2.29. The molecule has 0 aliphatic carbocycles. The average Bonchev–Trinajstić information content (AvgIpc) is 3.19. The van der Waals surface area contributed by atoms with Crippen LogP contribution in [0.2, 0.25) is 0 Å². The first kappa shape index (κ1) is 13.3. The first-order chi connectivity index (χ1) is 10.4. The molecule has 3 aromatic rings. The average molecular weight is 285 g/mol. The van der Waals surface area contributed by atoms with E-state index in [2.05, 4.69) is 20.8 Å². The number of nitrogens with zero attached hydrogens (tertiary/aromatic N) is 4. The Hall–Kier alpha value is -2.67. The van der Waals surface area contributed by atoms with Crippen LogP contribution in [0.1, 0.15) is 11.6 Å². The molecule has 1 aromatic carbocycles. The van der Waals surface area contributed by atoms with Crippen LogP contribution in [0.25, 0.3) is 5.69 Å². The first-order valence-electron chi connectivity index (χ1n) is 6.52. The van der Waals surface area contributed by atoms with Crippen molar-refractivity contribution in [2.75, 3.05) is 7.11 Å². The molecule has 0 amide bonds. The minimum atomic E-state index is 0.520. The third-order valence-electron chi connectivity index (χ3n) is 3.01. The lowest BCUT2D eigenvalue weighted by Gasteiger charge is -2.09. The van der Waals surface area contributed by atoms with E-state index in [9.17, 15) is 0 Å². The van der Waals surface area contributed by atoms with Crippen LogP contribution in [0.4, 0.5) is 0 Å². The number of hydrogen-bond acceptors (Lipinski definition) is 6. The van der Waals surface area contributed by atoms with Crippen LogP contribution < -0.4 is 10.1 Å². The lowest BCUT2D eigenvalue weighted by Crippen LogP contribution is -2.16. The fraction of sp³-hybridized carbons (Fsp3) is 0.214. The molecule has 7 nitrogen and oxygen atoms in total. The van der Waals surface area contributed by atoms with Gasteiger partial charge in [0.15, 0.2) is 5.82 Å². The number of furan rings is 1. The second-order valence-corrected chi connectivity index (χ2v) is 4.36. The minimum Gasteiger partial charge on any atom is -0.494 e. The monoisotopic (exact) mass is 285 g/mol. The maximum absolute atomic E-state index is 5.34. The first-order valence-corrected chi connectivity index (χ1v) is 6.52. The van der Waals surface area contributed by atoms with Gasteiger partial charge in [0.1, 0.15) is 17.2 Å². The van der Waals surface area contributed by atoms with Gasteiger partial charge in [-0.05, 0) is 34.7 Å². The summed E-state index contributed by atoms with van der Waals surface area (Å²) in [5.41, 5.74) is 0.805. The Kier molecular flexibility index (Phi) is 3.92. The van der Waals surface area contributed by atoms with E-state index in [0.29, 0.717) is 18.9 Å². The summed E-state index contributed by atoms with van der Waals surface area (Å²) in [4.78, 5) is 0. The maximum atomic E-state index is 5.34. The van der Waals surface area contributed by atoms with Crippen LogP contribution in [0, 0.1) is 0 Å². The van der Waals surface area contributed by atoms with Gasteiger partial charge in [-0.3, -0.25) is 0 Å². The Labute approximate surface area is 121 Å². The van der Waals surface area contributed by atoms with Crippen molar-refractivity contribution >= 4 is 0 Å². The van der Waals surface area contributed by atoms with E-state index in [0.717, 1.165) is 17.2 Å². The number of rotatable bonds is 6. The Bertz CT molecular complexity index is 693. The molecule has 0 fully saturated rings. The fourth-order valence-corrected chi connectivity index (χ4v) is 2.02. The van der Waals surface area contributed by atoms with E-state index < -0.39 is 0 Å². The molecular weight excluding hydrogens is 270 g/mol. The van der Waals surface area contributed by atoms with Gasteiger partial charge >= 0.3 is 0 Å². The normalized spacial score (nSPS) is 10.7. The van der Waals surface area contributed by atoms with Gasteiger partial charge in [0.05, 0.1) is 26.5 Å². The Balaban J connectivity index is 1.74. The largest absolute Gasteiger partial charge is 0.494 e. The van der Waals surface area contributed by atoms with Gasteiger partial charge in [0, 0.05) is 0 Å². The van der Waals surface area contributed by atoms with Crippen molar-refractivity contribution in [1.29, 1.82) is 0 Å². The lowest BCUT2D eigenvalue weighted by molar-refractivity contribution is 0.410. The van der Waals surface area contributed by atoms with Crippen molar-refractivity contribution < 1.29 is 9.15 Å². The van der Waals surface area contributed by atoms with E-state index >= 15 is 0 Å². The molecule has 0 saturated heterocycles. The van der Waals surface area contributed by atoms with E-state index in [1.807, 2.05) is 36.4 Å². The molecule has 0 atom stereocenters. The highest BCUT2D eigenvalue weighted by atomic mass is 16.5. The van der Waals surface area contributed by atoms with Crippen molar-refractivity contribution in [2.45, 2.75) is 13.1 Å². The maximum Gasteiger partial charge on any atom is 0.170 e. The number of methoxy groups -OCH3 is 1. The molecule has 108 valence electrons. The van der Waals surface area contributed by atoms with Crippen LogP contribution in [-0.2, 0) is 13.1 Å². The molecule has 2 aromatic heterocycles. The predicted molar refractivity (Wildman–Crippen MR) is 75.0 cm³/mol. The van der Waals surface area contributed by atoms with Crippen LogP contribution >= 0.6 is 0 Å². The molecular formula is C14H15N5O2. The van der Waals surface area contributed by atoms with Gasteiger partial charge in [0.25, 0.3) is 0 Å². The molecule has 3 rings (SSSR count). The number of nitrogens with one attached hydrogen (secondary N) is 1. The summed E-state index contributed by atoms with van der Waals surface area (Å²) in [5, 5.41) is 15.0. The summed E-state index contributed by atoms with van der Waals surface area (Å²) in [6.45, 7) is 1.14. The summed E-state index contributed by atoms with van der Waals surface area (Å²) in [7, 11) is 1.62. The second-order valence-electron chi connectivity index (χ2n) is 4.36. The fourth-order valence-electron chi connectivity index (χ4n) is 2.02. The number of para-hydroxylation sites is 2. The molecule has 1 N–H and O–H groups in total. The van der Waals surface area contributed by atoms with Crippen LogP contribution in [0.5, 0.6) is 5.75 Å². The van der Waals surface area contributed by atoms with E-state index in [-0.39, 0.29) is 0 Å². The van der Waals surface area contributed by atoms with Gasteiger partial charge in [-0.2, -0.15) is 4.68 Å². The third-order valence-corrected chi connectivity index (χ3v) is 3.01. The number of hydrogen-bond donors (Lipinski definition) is 1. The van der Waals surface area contributed by atoms with Crippen molar-refractivity contribution in [1.82, 2.24) is 25.5 Å². The lowest BCUT2D eigenvalue weighted by atomic mass is 10.3. The molecule has 0 saturated carbocycles. The molecule has 0 radical (unpaired) electrons. The third kappa shape index (κ3) is 2.92. The number of tetrazole rings is 1. The summed E-state index contributed by atoms with van der Waals surface area (Å²) in [6.07, 6.45) is 1.65. The molecule has 0 aliphatic heterocycles. The molecule has 0 unspecified atom stereocenters. The predicted octanol–water partition coefficient (Wildman–Crippen LogP) is 1.55. The minimum absolute atomic E-state index is 0.520. The van der Waals surface area contributed by atoms with Crippen LogP contribution in [-0.4, -0.2) is 27.3 Å². The van der Waals surface area contributed by atoms with Gasteiger partial charge in [-0.1, -0.05) is 12.1 Å². The zero-order valence-corrected chi connectivity index (χ0v) is 11.6. The Morgan fingerprint density at radius 3 is 2.90 bits per heavy atom. The zero-order valence-electron chi connectivity index (χ0n) is 11.6. The van der Waals surface area contributed by atoms with Crippen molar-refractivity contribution in [3.05, 3.63) is 54.2 Å².